The van der Waals surface area contributed by atoms with Crippen molar-refractivity contribution in [1.82, 2.24) is 0 Å². The van der Waals surface area contributed by atoms with Crippen LogP contribution in [0.15, 0.2) is 6.07 Å². The number of halogens is 2. The van der Waals surface area contributed by atoms with E-state index < -0.39 is 24.0 Å². The fourth-order valence-electron chi connectivity index (χ4n) is 1.06. The van der Waals surface area contributed by atoms with Crippen LogP contribution in [-0.4, -0.2) is 24.1 Å². The minimum absolute atomic E-state index is 0.0871. The lowest BCUT2D eigenvalue weighted by Gasteiger charge is -1.99. The highest BCUT2D eigenvalue weighted by molar-refractivity contribution is 7.20. The van der Waals surface area contributed by atoms with Crippen molar-refractivity contribution < 1.29 is 19.1 Å². The van der Waals surface area contributed by atoms with Crippen molar-refractivity contribution in [3.8, 4) is 0 Å². The van der Waals surface area contributed by atoms with Gasteiger partial charge in [-0.1, -0.05) is 23.2 Å². The van der Waals surface area contributed by atoms with Crippen molar-refractivity contribution >= 4 is 52.1 Å². The van der Waals surface area contributed by atoms with E-state index in [9.17, 15) is 14.4 Å². The smallest absolute Gasteiger partial charge is 0.375 e. The number of hydrogen-bond donors (Lipinski definition) is 0. The number of carbonyl (C=O) groups is 3. The third-order valence-corrected chi connectivity index (χ3v) is 3.27. The van der Waals surface area contributed by atoms with Gasteiger partial charge in [-0.2, -0.15) is 0 Å². The molecule has 0 atom stereocenters. The maximum atomic E-state index is 11.6. The molecule has 0 radical (unpaired) electrons. The number of hydrogen-bond acceptors (Lipinski definition) is 5. The summed E-state index contributed by atoms with van der Waals surface area (Å²) in [5.41, 5.74) is 0.152. The van der Waals surface area contributed by atoms with Gasteiger partial charge in [-0.15, -0.1) is 11.3 Å². The van der Waals surface area contributed by atoms with Crippen molar-refractivity contribution in [3.63, 3.8) is 0 Å². The summed E-state index contributed by atoms with van der Waals surface area (Å²) in [5, 5.41) is 0. The van der Waals surface area contributed by atoms with Crippen LogP contribution in [-0.2, 0) is 14.3 Å². The van der Waals surface area contributed by atoms with Crippen molar-refractivity contribution in [2.45, 2.75) is 13.3 Å². The summed E-state index contributed by atoms with van der Waals surface area (Å²) in [5.74, 6) is -2.45. The molecule has 0 saturated heterocycles. The summed E-state index contributed by atoms with van der Waals surface area (Å²) in [6.07, 6.45) is -0.564. The van der Waals surface area contributed by atoms with E-state index in [1.54, 1.807) is 6.92 Å². The summed E-state index contributed by atoms with van der Waals surface area (Å²) in [7, 11) is 0. The van der Waals surface area contributed by atoms with Gasteiger partial charge in [0.25, 0.3) is 0 Å². The van der Waals surface area contributed by atoms with E-state index in [2.05, 4.69) is 4.74 Å². The molecular formula is C10H8Cl2O4S. The van der Waals surface area contributed by atoms with Crippen LogP contribution in [0.2, 0.25) is 8.67 Å². The largest absolute Gasteiger partial charge is 0.460 e. The minimum atomic E-state index is -1.02. The van der Waals surface area contributed by atoms with Gasteiger partial charge >= 0.3 is 5.97 Å². The van der Waals surface area contributed by atoms with E-state index in [1.807, 2.05) is 0 Å². The van der Waals surface area contributed by atoms with Crippen LogP contribution < -0.4 is 0 Å². The molecule has 0 amide bonds. The molecule has 7 heteroatoms. The van der Waals surface area contributed by atoms with Gasteiger partial charge in [0.2, 0.25) is 5.78 Å². The molecule has 17 heavy (non-hydrogen) atoms. The molecule has 0 aliphatic carbocycles. The van der Waals surface area contributed by atoms with Crippen LogP contribution in [0, 0.1) is 0 Å². The van der Waals surface area contributed by atoms with Gasteiger partial charge in [0, 0.05) is 5.56 Å². The van der Waals surface area contributed by atoms with Gasteiger partial charge in [0.15, 0.2) is 5.78 Å². The Morgan fingerprint density at radius 1 is 1.35 bits per heavy atom. The number of esters is 1. The van der Waals surface area contributed by atoms with E-state index in [-0.39, 0.29) is 16.5 Å². The predicted molar refractivity (Wildman–Crippen MR) is 64.9 cm³/mol. The van der Waals surface area contributed by atoms with Crippen LogP contribution in [0.3, 0.4) is 0 Å². The third kappa shape index (κ3) is 3.80. The van der Waals surface area contributed by atoms with Gasteiger partial charge in [0.05, 0.1) is 17.4 Å². The molecule has 0 spiro atoms. The molecule has 0 fully saturated rings. The first-order valence-electron chi connectivity index (χ1n) is 4.63. The molecule has 0 aliphatic heterocycles. The molecule has 0 bridgehead atoms. The molecule has 1 heterocycles. The van der Waals surface area contributed by atoms with Gasteiger partial charge in [-0.3, -0.25) is 9.59 Å². The van der Waals surface area contributed by atoms with E-state index in [0.717, 1.165) is 11.3 Å². The van der Waals surface area contributed by atoms with Gasteiger partial charge < -0.3 is 4.74 Å². The Bertz CT molecular complexity index is 467. The zero-order chi connectivity index (χ0) is 13.0. The summed E-state index contributed by atoms with van der Waals surface area (Å²) in [4.78, 5) is 33.9. The second-order valence-corrected chi connectivity index (χ2v) is 5.27. The highest BCUT2D eigenvalue weighted by atomic mass is 35.5. The second-order valence-electron chi connectivity index (χ2n) is 2.98. The van der Waals surface area contributed by atoms with Crippen LogP contribution >= 0.6 is 34.5 Å². The first kappa shape index (κ1) is 14.2. The van der Waals surface area contributed by atoms with Crippen LogP contribution in [0.1, 0.15) is 23.7 Å². The van der Waals surface area contributed by atoms with Gasteiger partial charge in [-0.25, -0.2) is 4.79 Å². The number of rotatable bonds is 5. The van der Waals surface area contributed by atoms with Crippen molar-refractivity contribution in [2.24, 2.45) is 0 Å². The minimum Gasteiger partial charge on any atom is -0.460 e. The number of thiophene rings is 1. The standard InChI is InChI=1S/C10H8Cl2O4S/c1-2-16-10(15)7(14)4-6(13)5-3-8(11)17-9(5)12/h3H,2,4H2,1H3. The van der Waals surface area contributed by atoms with Gasteiger partial charge in [-0.05, 0) is 13.0 Å². The van der Waals surface area contributed by atoms with Crippen LogP contribution in [0.4, 0.5) is 0 Å². The average Bonchev–Trinajstić information content (AvgIpc) is 2.58. The molecule has 0 aromatic carbocycles. The fraction of sp³-hybridized carbons (Fsp3) is 0.300. The highest BCUT2D eigenvalue weighted by Crippen LogP contribution is 2.31. The maximum Gasteiger partial charge on any atom is 0.375 e. The number of Topliss-reactive ketones (excluding diaryl/α,β-unsaturated/α-hetero) is 2. The van der Waals surface area contributed by atoms with Crippen molar-refractivity contribution in [3.05, 3.63) is 20.3 Å². The zero-order valence-electron chi connectivity index (χ0n) is 8.79. The predicted octanol–water partition coefficient (Wildman–Crippen LogP) is 2.76. The normalized spacial score (nSPS) is 10.1. The zero-order valence-corrected chi connectivity index (χ0v) is 11.1. The molecular weight excluding hydrogens is 287 g/mol. The first-order chi connectivity index (χ1) is 7.95. The highest BCUT2D eigenvalue weighted by Gasteiger charge is 2.22. The maximum absolute atomic E-state index is 11.6. The lowest BCUT2D eigenvalue weighted by atomic mass is 10.1. The number of ether oxygens (including phenoxy) is 1. The number of ketones is 2. The molecule has 0 N–H and O–H groups in total. The topological polar surface area (TPSA) is 60.4 Å². The molecule has 0 aliphatic rings. The van der Waals surface area contributed by atoms with E-state index in [4.69, 9.17) is 23.2 Å². The molecule has 1 aromatic heterocycles. The Labute approximate surface area is 111 Å². The Morgan fingerprint density at radius 2 is 2.00 bits per heavy atom. The van der Waals surface area contributed by atoms with Crippen LogP contribution in [0.25, 0.3) is 0 Å². The SMILES string of the molecule is CCOC(=O)C(=O)CC(=O)c1cc(Cl)sc1Cl. The fourth-order valence-corrected chi connectivity index (χ4v) is 2.55. The monoisotopic (exact) mass is 294 g/mol. The van der Waals surface area contributed by atoms with E-state index >= 15 is 0 Å². The summed E-state index contributed by atoms with van der Waals surface area (Å²) in [6.45, 7) is 1.66. The molecule has 1 aromatic rings. The lowest BCUT2D eigenvalue weighted by molar-refractivity contribution is -0.153. The average molecular weight is 295 g/mol. The van der Waals surface area contributed by atoms with E-state index in [1.165, 1.54) is 6.07 Å². The molecule has 1 rings (SSSR count). The van der Waals surface area contributed by atoms with Crippen molar-refractivity contribution in [1.29, 1.82) is 0 Å². The summed E-state index contributed by atoms with van der Waals surface area (Å²) < 4.78 is 5.03. The summed E-state index contributed by atoms with van der Waals surface area (Å²) in [6, 6.07) is 1.37. The summed E-state index contributed by atoms with van der Waals surface area (Å²) >= 11 is 12.4. The molecule has 0 saturated carbocycles. The Balaban J connectivity index is 2.70. The third-order valence-electron chi connectivity index (χ3n) is 1.78. The second kappa shape index (κ2) is 6.14. The molecule has 92 valence electrons. The Morgan fingerprint density at radius 3 is 2.47 bits per heavy atom. The quantitative estimate of drug-likeness (QED) is 0.363. The van der Waals surface area contributed by atoms with E-state index in [0.29, 0.717) is 4.34 Å². The number of carbonyl (C=O) groups excluding carboxylic acids is 3. The molecule has 0 unspecified atom stereocenters. The Kier molecular flexibility index (Phi) is 5.11. The van der Waals surface area contributed by atoms with Gasteiger partial charge in [0.1, 0.15) is 4.34 Å². The first-order valence-corrected chi connectivity index (χ1v) is 6.21. The Hall–Kier alpha value is -0.910. The molecule has 4 nitrogen and oxygen atoms in total. The van der Waals surface area contributed by atoms with Crippen molar-refractivity contribution in [2.75, 3.05) is 6.61 Å². The lowest BCUT2D eigenvalue weighted by Crippen LogP contribution is -2.20. The van der Waals surface area contributed by atoms with Crippen LogP contribution in [0.5, 0.6) is 0 Å².